The fourth-order valence-corrected chi connectivity index (χ4v) is 2.65. The number of hydrogen-bond acceptors (Lipinski definition) is 3. The Kier molecular flexibility index (Phi) is 6.29. The highest BCUT2D eigenvalue weighted by Crippen LogP contribution is 2.17. The van der Waals surface area contributed by atoms with E-state index in [2.05, 4.69) is 6.58 Å². The van der Waals surface area contributed by atoms with Gasteiger partial charge in [-0.05, 0) is 25.5 Å². The third-order valence-electron chi connectivity index (χ3n) is 2.66. The first-order chi connectivity index (χ1) is 9.02. The molecule has 1 heterocycles. The summed E-state index contributed by atoms with van der Waals surface area (Å²) in [6.07, 6.45) is 2.82. The molecule has 0 spiro atoms. The van der Waals surface area contributed by atoms with Gasteiger partial charge in [0.1, 0.15) is 0 Å². The number of carbonyl (C=O) groups is 2. The largest absolute Gasteiger partial charge is 0.370 e. The lowest BCUT2D eigenvalue weighted by molar-refractivity contribution is -0.131. The maximum Gasteiger partial charge on any atom is 0.223 e. The van der Waals surface area contributed by atoms with Crippen LogP contribution in [0.1, 0.15) is 29.0 Å². The molecular formula is C14H20N2O2S. The molecule has 0 aliphatic rings. The molecule has 0 fully saturated rings. The number of amides is 2. The first-order valence-corrected chi connectivity index (χ1v) is 7.07. The molecule has 1 aromatic heterocycles. The highest BCUT2D eigenvalue weighted by Gasteiger charge is 2.13. The van der Waals surface area contributed by atoms with E-state index in [1.165, 1.54) is 4.88 Å². The molecule has 2 amide bonds. The Balaban J connectivity index is 2.53. The van der Waals surface area contributed by atoms with Crippen molar-refractivity contribution in [2.45, 2.75) is 32.7 Å². The third kappa shape index (κ3) is 5.70. The molecule has 0 unspecified atom stereocenters. The summed E-state index contributed by atoms with van der Waals surface area (Å²) in [7, 11) is 0. The molecule has 0 atom stereocenters. The minimum absolute atomic E-state index is 0.0344. The zero-order valence-corrected chi connectivity index (χ0v) is 12.0. The van der Waals surface area contributed by atoms with Crippen LogP contribution in [0.5, 0.6) is 0 Å². The number of primary amides is 1. The SMILES string of the molecule is C=CCN(Cc1ccc(C)s1)C(=O)CCCC(N)=O. The van der Waals surface area contributed by atoms with Crippen molar-refractivity contribution in [2.75, 3.05) is 6.54 Å². The molecule has 2 N–H and O–H groups in total. The van der Waals surface area contributed by atoms with E-state index in [4.69, 9.17) is 5.73 Å². The van der Waals surface area contributed by atoms with E-state index in [1.54, 1.807) is 22.3 Å². The zero-order valence-electron chi connectivity index (χ0n) is 11.2. The minimum atomic E-state index is -0.364. The summed E-state index contributed by atoms with van der Waals surface area (Å²) in [5.41, 5.74) is 5.06. The van der Waals surface area contributed by atoms with Crippen molar-refractivity contribution >= 4 is 23.2 Å². The Labute approximate surface area is 117 Å². The van der Waals surface area contributed by atoms with Crippen LogP contribution >= 0.6 is 11.3 Å². The third-order valence-corrected chi connectivity index (χ3v) is 3.64. The standard InChI is InChI=1S/C14H20N2O2S/c1-3-9-16(10-12-8-7-11(2)19-12)14(18)6-4-5-13(15)17/h3,7-8H,1,4-6,9-10H2,2H3,(H2,15,17). The van der Waals surface area contributed by atoms with E-state index in [0.717, 1.165) is 4.88 Å². The molecule has 104 valence electrons. The smallest absolute Gasteiger partial charge is 0.223 e. The molecule has 4 nitrogen and oxygen atoms in total. The van der Waals surface area contributed by atoms with Crippen molar-refractivity contribution in [3.05, 3.63) is 34.5 Å². The normalized spacial score (nSPS) is 10.2. The number of aryl methyl sites for hydroxylation is 1. The molecule has 0 bridgehead atoms. The maximum atomic E-state index is 12.1. The van der Waals surface area contributed by atoms with E-state index in [0.29, 0.717) is 25.9 Å². The number of thiophene rings is 1. The second-order valence-electron chi connectivity index (χ2n) is 4.40. The number of hydrogen-bond donors (Lipinski definition) is 1. The Morgan fingerprint density at radius 3 is 2.68 bits per heavy atom. The average Bonchev–Trinajstić information content (AvgIpc) is 2.73. The first-order valence-electron chi connectivity index (χ1n) is 6.25. The summed E-state index contributed by atoms with van der Waals surface area (Å²) < 4.78 is 0. The molecule has 1 rings (SSSR count). The molecule has 0 aliphatic carbocycles. The molecule has 0 aliphatic heterocycles. The van der Waals surface area contributed by atoms with Gasteiger partial charge in [-0.2, -0.15) is 0 Å². The van der Waals surface area contributed by atoms with Crippen LogP contribution in [-0.4, -0.2) is 23.3 Å². The van der Waals surface area contributed by atoms with Crippen LogP contribution in [0.2, 0.25) is 0 Å². The fraction of sp³-hybridized carbons (Fsp3) is 0.429. The van der Waals surface area contributed by atoms with E-state index in [-0.39, 0.29) is 18.2 Å². The van der Waals surface area contributed by atoms with E-state index in [9.17, 15) is 9.59 Å². The van der Waals surface area contributed by atoms with Crippen molar-refractivity contribution in [3.63, 3.8) is 0 Å². The topological polar surface area (TPSA) is 63.4 Å². The lowest BCUT2D eigenvalue weighted by Crippen LogP contribution is -2.30. The molecule has 0 saturated heterocycles. The van der Waals surface area contributed by atoms with Gasteiger partial charge < -0.3 is 10.6 Å². The summed E-state index contributed by atoms with van der Waals surface area (Å²) in [6.45, 7) is 6.83. The maximum absolute atomic E-state index is 12.1. The van der Waals surface area contributed by atoms with Crippen molar-refractivity contribution in [1.29, 1.82) is 0 Å². The van der Waals surface area contributed by atoms with Gasteiger partial charge in [0.05, 0.1) is 6.54 Å². The van der Waals surface area contributed by atoms with Gasteiger partial charge in [-0.25, -0.2) is 0 Å². The van der Waals surface area contributed by atoms with Crippen LogP contribution < -0.4 is 5.73 Å². The fourth-order valence-electron chi connectivity index (χ4n) is 1.74. The second-order valence-corrected chi connectivity index (χ2v) is 5.77. The Morgan fingerprint density at radius 2 is 2.16 bits per heavy atom. The number of rotatable bonds is 8. The molecule has 19 heavy (non-hydrogen) atoms. The predicted molar refractivity (Wildman–Crippen MR) is 77.7 cm³/mol. The summed E-state index contributed by atoms with van der Waals surface area (Å²) in [5, 5.41) is 0. The molecular weight excluding hydrogens is 260 g/mol. The minimum Gasteiger partial charge on any atom is -0.370 e. The average molecular weight is 280 g/mol. The molecule has 0 aromatic carbocycles. The van der Waals surface area contributed by atoms with Crippen molar-refractivity contribution in [1.82, 2.24) is 4.90 Å². The van der Waals surface area contributed by atoms with Gasteiger partial charge in [0.2, 0.25) is 11.8 Å². The van der Waals surface area contributed by atoms with Crippen LogP contribution in [-0.2, 0) is 16.1 Å². The first kappa shape index (κ1) is 15.4. The van der Waals surface area contributed by atoms with Crippen molar-refractivity contribution in [2.24, 2.45) is 5.73 Å². The predicted octanol–water partition coefficient (Wildman–Crippen LogP) is 2.23. The number of carbonyl (C=O) groups excluding carboxylic acids is 2. The molecule has 0 saturated carbocycles. The van der Waals surface area contributed by atoms with Crippen molar-refractivity contribution in [3.8, 4) is 0 Å². The zero-order chi connectivity index (χ0) is 14.3. The monoisotopic (exact) mass is 280 g/mol. The molecule has 5 heteroatoms. The van der Waals surface area contributed by atoms with Crippen LogP contribution in [0.4, 0.5) is 0 Å². The Hall–Kier alpha value is -1.62. The lowest BCUT2D eigenvalue weighted by atomic mass is 10.2. The van der Waals surface area contributed by atoms with Gasteiger partial charge in [0.15, 0.2) is 0 Å². The van der Waals surface area contributed by atoms with E-state index < -0.39 is 0 Å². The number of nitrogens with zero attached hydrogens (tertiary/aromatic N) is 1. The van der Waals surface area contributed by atoms with Gasteiger partial charge in [0.25, 0.3) is 0 Å². The van der Waals surface area contributed by atoms with E-state index in [1.807, 2.05) is 19.1 Å². The van der Waals surface area contributed by atoms with Gasteiger partial charge in [-0.3, -0.25) is 9.59 Å². The van der Waals surface area contributed by atoms with Crippen LogP contribution in [0.3, 0.4) is 0 Å². The summed E-state index contributed by atoms with van der Waals surface area (Å²) in [6, 6.07) is 4.08. The Morgan fingerprint density at radius 1 is 1.42 bits per heavy atom. The van der Waals surface area contributed by atoms with Crippen LogP contribution in [0.15, 0.2) is 24.8 Å². The summed E-state index contributed by atoms with van der Waals surface area (Å²) in [5.74, 6) is -0.329. The van der Waals surface area contributed by atoms with Crippen LogP contribution in [0.25, 0.3) is 0 Å². The number of nitrogens with two attached hydrogens (primary N) is 1. The molecule has 0 radical (unpaired) electrons. The quantitative estimate of drug-likeness (QED) is 0.742. The molecule has 1 aromatic rings. The highest BCUT2D eigenvalue weighted by atomic mass is 32.1. The van der Waals surface area contributed by atoms with Gasteiger partial charge in [-0.1, -0.05) is 6.08 Å². The summed E-state index contributed by atoms with van der Waals surface area (Å²) >= 11 is 1.69. The van der Waals surface area contributed by atoms with Crippen LogP contribution in [0, 0.1) is 6.92 Å². The van der Waals surface area contributed by atoms with Gasteiger partial charge >= 0.3 is 0 Å². The highest BCUT2D eigenvalue weighted by molar-refractivity contribution is 7.11. The second kappa shape index (κ2) is 7.74. The van der Waals surface area contributed by atoms with Gasteiger partial charge in [0, 0.05) is 29.1 Å². The Bertz CT molecular complexity index is 454. The summed E-state index contributed by atoms with van der Waals surface area (Å²) in [4.78, 5) is 26.8. The van der Waals surface area contributed by atoms with Gasteiger partial charge in [-0.15, -0.1) is 17.9 Å². The lowest BCUT2D eigenvalue weighted by Gasteiger charge is -2.20. The van der Waals surface area contributed by atoms with Crippen molar-refractivity contribution < 1.29 is 9.59 Å². The van der Waals surface area contributed by atoms with E-state index >= 15 is 0 Å².